The van der Waals surface area contributed by atoms with Crippen molar-refractivity contribution in [3.8, 4) is 0 Å². The van der Waals surface area contributed by atoms with Crippen molar-refractivity contribution < 1.29 is 4.79 Å². The van der Waals surface area contributed by atoms with E-state index in [1.54, 1.807) is 0 Å². The zero-order valence-corrected chi connectivity index (χ0v) is 11.6. The molecule has 0 bridgehead atoms. The van der Waals surface area contributed by atoms with Crippen molar-refractivity contribution in [2.24, 2.45) is 5.92 Å². The Bertz CT molecular complexity index is 320. The summed E-state index contributed by atoms with van der Waals surface area (Å²) >= 11 is 0. The van der Waals surface area contributed by atoms with E-state index in [4.69, 9.17) is 0 Å². The number of amides is 1. The summed E-state index contributed by atoms with van der Waals surface area (Å²) in [6.45, 7) is 10.3. The largest absolute Gasteiger partial charge is 0.339 e. The smallest absolute Gasteiger partial charge is 0.249 e. The normalized spacial score (nSPS) is 18.1. The van der Waals surface area contributed by atoms with Crippen molar-refractivity contribution in [1.29, 1.82) is 0 Å². The van der Waals surface area contributed by atoms with Crippen LogP contribution in [-0.2, 0) is 4.79 Å². The topological polar surface area (TPSA) is 20.3 Å². The molecule has 2 nitrogen and oxygen atoms in total. The van der Waals surface area contributed by atoms with Crippen LogP contribution in [0.25, 0.3) is 0 Å². The Morgan fingerprint density at radius 2 is 1.88 bits per heavy atom. The summed E-state index contributed by atoms with van der Waals surface area (Å²) < 4.78 is 0. The molecule has 0 aliphatic carbocycles. The van der Waals surface area contributed by atoms with Gasteiger partial charge in [0.15, 0.2) is 0 Å². The molecule has 1 saturated heterocycles. The first-order valence-electron chi connectivity index (χ1n) is 6.73. The van der Waals surface area contributed by atoms with E-state index in [0.29, 0.717) is 5.92 Å². The molecule has 1 fully saturated rings. The van der Waals surface area contributed by atoms with Gasteiger partial charge < -0.3 is 4.90 Å². The molecule has 0 aromatic heterocycles. The minimum absolute atomic E-state index is 0.213. The summed E-state index contributed by atoms with van der Waals surface area (Å²) in [4.78, 5) is 14.1. The highest BCUT2D eigenvalue weighted by Crippen LogP contribution is 2.17. The van der Waals surface area contributed by atoms with E-state index in [0.717, 1.165) is 37.9 Å². The van der Waals surface area contributed by atoms with Crippen LogP contribution in [0.1, 0.15) is 47.0 Å². The van der Waals surface area contributed by atoms with Gasteiger partial charge in [-0.25, -0.2) is 0 Å². The molecule has 0 saturated carbocycles. The van der Waals surface area contributed by atoms with E-state index in [1.807, 2.05) is 11.8 Å². The van der Waals surface area contributed by atoms with Crippen LogP contribution in [0.5, 0.6) is 0 Å². The number of allylic oxidation sites excluding steroid dienone is 3. The van der Waals surface area contributed by atoms with Crippen molar-refractivity contribution >= 4 is 5.91 Å². The molecule has 0 radical (unpaired) electrons. The maximum absolute atomic E-state index is 12.1. The van der Waals surface area contributed by atoms with E-state index < -0.39 is 0 Å². The molecule has 0 spiro atoms. The van der Waals surface area contributed by atoms with Gasteiger partial charge in [0.1, 0.15) is 0 Å². The second-order valence-electron chi connectivity index (χ2n) is 5.09. The third-order valence-electron chi connectivity index (χ3n) is 3.22. The third kappa shape index (κ3) is 4.03. The highest BCUT2D eigenvalue weighted by atomic mass is 16.2. The number of hydrogen-bond acceptors (Lipinski definition) is 1. The maximum Gasteiger partial charge on any atom is 0.249 e. The fraction of sp³-hybridized carbons (Fsp3) is 0.667. The number of likely N-dealkylation sites (tertiary alicyclic amines) is 1. The molecule has 1 amide bonds. The Morgan fingerprint density at radius 1 is 1.29 bits per heavy atom. The van der Waals surface area contributed by atoms with Gasteiger partial charge in [0, 0.05) is 18.7 Å². The highest BCUT2D eigenvalue weighted by Gasteiger charge is 2.19. The minimum atomic E-state index is 0.213. The number of carbonyl (C=O) groups is 1. The number of hydrogen-bond donors (Lipinski definition) is 0. The van der Waals surface area contributed by atoms with Crippen molar-refractivity contribution in [1.82, 2.24) is 4.90 Å². The highest BCUT2D eigenvalue weighted by molar-refractivity contribution is 5.93. The first-order chi connectivity index (χ1) is 8.06. The Labute approximate surface area is 105 Å². The minimum Gasteiger partial charge on any atom is -0.339 e. The van der Waals surface area contributed by atoms with Gasteiger partial charge in [0.05, 0.1) is 0 Å². The molecule has 0 atom stereocenters. The van der Waals surface area contributed by atoms with Gasteiger partial charge in [-0.05, 0) is 37.7 Å². The Balaban J connectivity index is 2.75. The van der Waals surface area contributed by atoms with Crippen LogP contribution in [0.4, 0.5) is 0 Å². The first-order valence-corrected chi connectivity index (χ1v) is 6.73. The maximum atomic E-state index is 12.1. The predicted molar refractivity (Wildman–Crippen MR) is 72.8 cm³/mol. The van der Waals surface area contributed by atoms with Crippen molar-refractivity contribution in [3.05, 3.63) is 23.3 Å². The zero-order chi connectivity index (χ0) is 12.8. The zero-order valence-electron chi connectivity index (χ0n) is 11.6. The molecule has 96 valence electrons. The lowest BCUT2D eigenvalue weighted by Gasteiger charge is -2.16. The van der Waals surface area contributed by atoms with E-state index >= 15 is 0 Å². The molecule has 0 unspecified atom stereocenters. The number of rotatable bonds is 4. The molecule has 2 heteroatoms. The van der Waals surface area contributed by atoms with E-state index in [9.17, 15) is 4.79 Å². The van der Waals surface area contributed by atoms with Gasteiger partial charge in [-0.1, -0.05) is 32.9 Å². The van der Waals surface area contributed by atoms with Gasteiger partial charge in [0.2, 0.25) is 5.91 Å². The van der Waals surface area contributed by atoms with Gasteiger partial charge in [0.25, 0.3) is 0 Å². The SMILES string of the molecule is CC/C=C(\C=C(/C)C(=O)N1CCCC1)C(C)C. The molecule has 17 heavy (non-hydrogen) atoms. The molecular weight excluding hydrogens is 210 g/mol. The lowest BCUT2D eigenvalue weighted by molar-refractivity contribution is -0.126. The quantitative estimate of drug-likeness (QED) is 0.539. The molecule has 1 aliphatic rings. The predicted octanol–water partition coefficient (Wildman–Crippen LogP) is 3.55. The van der Waals surface area contributed by atoms with Crippen LogP contribution in [0.3, 0.4) is 0 Å². The first kappa shape index (κ1) is 14.0. The summed E-state index contributed by atoms with van der Waals surface area (Å²) in [5, 5.41) is 0. The third-order valence-corrected chi connectivity index (χ3v) is 3.22. The molecule has 1 aliphatic heterocycles. The lowest BCUT2D eigenvalue weighted by atomic mass is 9.99. The van der Waals surface area contributed by atoms with Gasteiger partial charge in [-0.3, -0.25) is 4.79 Å². The van der Waals surface area contributed by atoms with Crippen LogP contribution < -0.4 is 0 Å². The molecule has 0 aromatic carbocycles. The second kappa shape index (κ2) is 6.63. The van der Waals surface area contributed by atoms with Gasteiger partial charge in [-0.2, -0.15) is 0 Å². The van der Waals surface area contributed by atoms with E-state index in [-0.39, 0.29) is 5.91 Å². The average Bonchev–Trinajstić information content (AvgIpc) is 2.80. The lowest BCUT2D eigenvalue weighted by Crippen LogP contribution is -2.28. The van der Waals surface area contributed by atoms with Crippen LogP contribution in [0.15, 0.2) is 23.3 Å². The van der Waals surface area contributed by atoms with Gasteiger partial charge in [-0.15, -0.1) is 0 Å². The summed E-state index contributed by atoms with van der Waals surface area (Å²) in [7, 11) is 0. The van der Waals surface area contributed by atoms with Crippen molar-refractivity contribution in [2.75, 3.05) is 13.1 Å². The Hall–Kier alpha value is -1.05. The second-order valence-corrected chi connectivity index (χ2v) is 5.09. The van der Waals surface area contributed by atoms with E-state index in [2.05, 4.69) is 32.9 Å². The number of nitrogens with zero attached hydrogens (tertiary/aromatic N) is 1. The Kier molecular flexibility index (Phi) is 5.46. The van der Waals surface area contributed by atoms with Crippen molar-refractivity contribution in [3.63, 3.8) is 0 Å². The molecule has 1 heterocycles. The van der Waals surface area contributed by atoms with Crippen LogP contribution in [0, 0.1) is 5.92 Å². The standard InChI is InChI=1S/C15H25NO/c1-5-8-14(12(2)3)11-13(4)15(17)16-9-6-7-10-16/h8,11-12H,5-7,9-10H2,1-4H3/b13-11+,14-8+. The summed E-state index contributed by atoms with van der Waals surface area (Å²) in [5.74, 6) is 0.696. The number of carbonyl (C=O) groups excluding carboxylic acids is 1. The van der Waals surface area contributed by atoms with Crippen molar-refractivity contribution in [2.45, 2.75) is 47.0 Å². The van der Waals surface area contributed by atoms with E-state index in [1.165, 1.54) is 5.57 Å². The average molecular weight is 235 g/mol. The summed E-state index contributed by atoms with van der Waals surface area (Å²) in [5.41, 5.74) is 2.15. The summed E-state index contributed by atoms with van der Waals surface area (Å²) in [6.07, 6.45) is 7.61. The van der Waals surface area contributed by atoms with Crippen LogP contribution in [0.2, 0.25) is 0 Å². The molecule has 0 N–H and O–H groups in total. The monoisotopic (exact) mass is 235 g/mol. The fourth-order valence-electron chi connectivity index (χ4n) is 2.18. The Morgan fingerprint density at radius 3 is 2.35 bits per heavy atom. The van der Waals surface area contributed by atoms with Crippen LogP contribution in [-0.4, -0.2) is 23.9 Å². The fourth-order valence-corrected chi connectivity index (χ4v) is 2.18. The van der Waals surface area contributed by atoms with Gasteiger partial charge >= 0.3 is 0 Å². The molecular formula is C15H25NO. The van der Waals surface area contributed by atoms with Crippen LogP contribution >= 0.6 is 0 Å². The summed E-state index contributed by atoms with van der Waals surface area (Å²) in [6, 6.07) is 0. The molecule has 1 rings (SSSR count). The molecule has 0 aromatic rings.